The summed E-state index contributed by atoms with van der Waals surface area (Å²) in [5, 5.41) is 14.4. The molecule has 16 heavy (non-hydrogen) atoms. The third-order valence-electron chi connectivity index (χ3n) is 2.94. The van der Waals surface area contributed by atoms with Crippen LogP contribution in [-0.4, -0.2) is 21.5 Å². The van der Waals surface area contributed by atoms with E-state index < -0.39 is 0 Å². The lowest BCUT2D eigenvalue weighted by Gasteiger charge is -2.13. The van der Waals surface area contributed by atoms with E-state index in [0.717, 1.165) is 42.1 Å². The highest BCUT2D eigenvalue weighted by Crippen LogP contribution is 2.24. The highest BCUT2D eigenvalue weighted by molar-refractivity contribution is 6.31. The molecule has 1 unspecified atom stereocenters. The zero-order chi connectivity index (χ0) is 12.1. The number of aliphatic hydroxyl groups is 1. The van der Waals surface area contributed by atoms with E-state index in [1.165, 1.54) is 0 Å². The predicted molar refractivity (Wildman–Crippen MR) is 66.8 cm³/mol. The van der Waals surface area contributed by atoms with E-state index in [0.29, 0.717) is 5.92 Å². The van der Waals surface area contributed by atoms with Crippen molar-refractivity contribution < 1.29 is 5.11 Å². The monoisotopic (exact) mass is 244 g/mol. The Bertz CT molecular complexity index is 336. The van der Waals surface area contributed by atoms with Crippen LogP contribution in [0.3, 0.4) is 0 Å². The molecule has 1 atom stereocenters. The molecule has 1 N–H and O–H groups in total. The molecule has 0 aromatic carbocycles. The van der Waals surface area contributed by atoms with Crippen molar-refractivity contribution in [3.05, 3.63) is 16.4 Å². The van der Waals surface area contributed by atoms with E-state index >= 15 is 0 Å². The van der Waals surface area contributed by atoms with Crippen molar-refractivity contribution in [2.45, 2.75) is 39.5 Å². The molecular weight excluding hydrogens is 224 g/mol. The summed E-state index contributed by atoms with van der Waals surface area (Å²) in [5.41, 5.74) is 2.00. The molecule has 1 aromatic heterocycles. The van der Waals surface area contributed by atoms with Crippen LogP contribution in [0.2, 0.25) is 5.02 Å². The highest BCUT2D eigenvalue weighted by Gasteiger charge is 2.17. The quantitative estimate of drug-likeness (QED) is 0.835. The minimum atomic E-state index is 0.219. The van der Waals surface area contributed by atoms with Gasteiger partial charge in [-0.25, -0.2) is 0 Å². The van der Waals surface area contributed by atoms with Gasteiger partial charge in [0.25, 0.3) is 0 Å². The first kappa shape index (κ1) is 13.5. The highest BCUT2D eigenvalue weighted by atomic mass is 35.5. The van der Waals surface area contributed by atoms with Gasteiger partial charge < -0.3 is 5.11 Å². The van der Waals surface area contributed by atoms with Crippen molar-refractivity contribution in [2.24, 2.45) is 13.0 Å². The van der Waals surface area contributed by atoms with Crippen molar-refractivity contribution in [1.82, 2.24) is 9.78 Å². The van der Waals surface area contributed by atoms with E-state index in [2.05, 4.69) is 12.0 Å². The van der Waals surface area contributed by atoms with E-state index in [1.54, 1.807) is 0 Å². The minimum absolute atomic E-state index is 0.219. The van der Waals surface area contributed by atoms with Gasteiger partial charge in [-0.3, -0.25) is 4.68 Å². The lowest BCUT2D eigenvalue weighted by Crippen LogP contribution is -2.12. The summed E-state index contributed by atoms with van der Waals surface area (Å²) in [5.74, 6) is 0.294. The zero-order valence-corrected chi connectivity index (χ0v) is 11.1. The average Bonchev–Trinajstić information content (AvgIpc) is 2.55. The Balaban J connectivity index is 2.82. The lowest BCUT2D eigenvalue weighted by molar-refractivity contribution is 0.215. The van der Waals surface area contributed by atoms with Crippen molar-refractivity contribution in [3.63, 3.8) is 0 Å². The molecule has 0 bridgehead atoms. The molecular formula is C12H21ClN2O. The smallest absolute Gasteiger partial charge is 0.0849 e. The number of hydrogen-bond acceptors (Lipinski definition) is 2. The summed E-state index contributed by atoms with van der Waals surface area (Å²) in [7, 11) is 1.92. The minimum Gasteiger partial charge on any atom is -0.396 e. The standard InChI is InChI=1S/C12H21ClN2O/c1-4-6-9(8-16)7-11-12(13)10(5-2)14-15(11)3/h9,16H,4-8H2,1-3H3. The first-order chi connectivity index (χ1) is 7.63. The second-order valence-corrected chi connectivity index (χ2v) is 4.60. The SMILES string of the molecule is CCCC(CO)Cc1c(Cl)c(CC)nn1C. The number of aliphatic hydroxyl groups excluding tert-OH is 1. The lowest BCUT2D eigenvalue weighted by atomic mass is 9.98. The molecule has 0 aliphatic heterocycles. The normalized spacial score (nSPS) is 13.1. The first-order valence-corrected chi connectivity index (χ1v) is 6.32. The average molecular weight is 245 g/mol. The van der Waals surface area contributed by atoms with Crippen molar-refractivity contribution >= 4 is 11.6 Å². The Morgan fingerprint density at radius 2 is 2.12 bits per heavy atom. The fraction of sp³-hybridized carbons (Fsp3) is 0.750. The maximum Gasteiger partial charge on any atom is 0.0849 e. The van der Waals surface area contributed by atoms with Crippen LogP contribution in [0.25, 0.3) is 0 Å². The maximum atomic E-state index is 9.29. The molecule has 1 aromatic rings. The topological polar surface area (TPSA) is 38.1 Å². The molecule has 0 amide bonds. The van der Waals surface area contributed by atoms with Crippen LogP contribution in [-0.2, 0) is 19.9 Å². The molecule has 0 aliphatic rings. The van der Waals surface area contributed by atoms with Crippen LogP contribution in [0.1, 0.15) is 38.1 Å². The molecule has 0 aliphatic carbocycles. The van der Waals surface area contributed by atoms with Crippen LogP contribution in [0.15, 0.2) is 0 Å². The zero-order valence-electron chi connectivity index (χ0n) is 10.3. The Labute approximate surface area is 102 Å². The van der Waals surface area contributed by atoms with Crippen LogP contribution in [0, 0.1) is 5.92 Å². The fourth-order valence-corrected chi connectivity index (χ4v) is 2.35. The number of aryl methyl sites for hydroxylation is 2. The Morgan fingerprint density at radius 3 is 2.56 bits per heavy atom. The number of halogens is 1. The van der Waals surface area contributed by atoms with Gasteiger partial charge in [-0.1, -0.05) is 31.9 Å². The molecule has 0 spiro atoms. The summed E-state index contributed by atoms with van der Waals surface area (Å²) in [4.78, 5) is 0. The van der Waals surface area contributed by atoms with Crippen LogP contribution >= 0.6 is 11.6 Å². The van der Waals surface area contributed by atoms with Gasteiger partial charge in [-0.15, -0.1) is 0 Å². The third-order valence-corrected chi connectivity index (χ3v) is 3.38. The summed E-state index contributed by atoms with van der Waals surface area (Å²) >= 11 is 6.27. The summed E-state index contributed by atoms with van der Waals surface area (Å²) < 4.78 is 1.85. The fourth-order valence-electron chi connectivity index (χ4n) is 1.98. The van der Waals surface area contributed by atoms with E-state index in [1.807, 2.05) is 18.7 Å². The molecule has 0 radical (unpaired) electrons. The molecule has 1 heterocycles. The molecule has 3 nitrogen and oxygen atoms in total. The van der Waals surface area contributed by atoms with Gasteiger partial charge in [0.2, 0.25) is 0 Å². The summed E-state index contributed by atoms with van der Waals surface area (Å²) in [6, 6.07) is 0. The number of nitrogens with zero attached hydrogens (tertiary/aromatic N) is 2. The van der Waals surface area contributed by atoms with E-state index in [9.17, 15) is 5.11 Å². The van der Waals surface area contributed by atoms with Crippen molar-refractivity contribution in [1.29, 1.82) is 0 Å². The molecule has 4 heteroatoms. The van der Waals surface area contributed by atoms with E-state index in [-0.39, 0.29) is 6.61 Å². The predicted octanol–water partition coefficient (Wildman–Crippen LogP) is 2.59. The van der Waals surface area contributed by atoms with Gasteiger partial charge in [0.15, 0.2) is 0 Å². The molecule has 92 valence electrons. The third kappa shape index (κ3) is 2.98. The molecule has 0 fully saturated rings. The van der Waals surface area contributed by atoms with Crippen LogP contribution in [0.5, 0.6) is 0 Å². The molecule has 0 saturated heterocycles. The summed E-state index contributed by atoms with van der Waals surface area (Å²) in [6.45, 7) is 4.40. The van der Waals surface area contributed by atoms with Crippen molar-refractivity contribution in [2.75, 3.05) is 6.61 Å². The first-order valence-electron chi connectivity index (χ1n) is 5.95. The van der Waals surface area contributed by atoms with Gasteiger partial charge in [-0.05, 0) is 25.2 Å². The number of rotatable bonds is 6. The molecule has 0 saturated carbocycles. The second-order valence-electron chi connectivity index (χ2n) is 4.23. The summed E-state index contributed by atoms with van der Waals surface area (Å²) in [6.07, 6.45) is 3.78. The van der Waals surface area contributed by atoms with Crippen molar-refractivity contribution in [3.8, 4) is 0 Å². The van der Waals surface area contributed by atoms with Crippen LogP contribution < -0.4 is 0 Å². The largest absolute Gasteiger partial charge is 0.396 e. The second kappa shape index (κ2) is 6.26. The van der Waals surface area contributed by atoms with Gasteiger partial charge in [0.1, 0.15) is 0 Å². The number of hydrogen-bond donors (Lipinski definition) is 1. The van der Waals surface area contributed by atoms with Gasteiger partial charge in [0, 0.05) is 13.7 Å². The molecule has 1 rings (SSSR count). The van der Waals surface area contributed by atoms with Gasteiger partial charge >= 0.3 is 0 Å². The van der Waals surface area contributed by atoms with E-state index in [4.69, 9.17) is 11.6 Å². The Kier molecular flexibility index (Phi) is 5.29. The number of aromatic nitrogens is 2. The van der Waals surface area contributed by atoms with Gasteiger partial charge in [-0.2, -0.15) is 5.10 Å². The maximum absolute atomic E-state index is 9.29. The Hall–Kier alpha value is -0.540. The Morgan fingerprint density at radius 1 is 1.44 bits per heavy atom. The van der Waals surface area contributed by atoms with Gasteiger partial charge in [0.05, 0.1) is 16.4 Å². The van der Waals surface area contributed by atoms with Crippen LogP contribution in [0.4, 0.5) is 0 Å².